The Morgan fingerprint density at radius 3 is 2.19 bits per heavy atom. The van der Waals surface area contributed by atoms with E-state index in [2.05, 4.69) is 10.6 Å². The summed E-state index contributed by atoms with van der Waals surface area (Å²) in [6.07, 6.45) is 0. The van der Waals surface area contributed by atoms with E-state index in [0.717, 1.165) is 4.90 Å². The Morgan fingerprint density at radius 2 is 1.56 bits per heavy atom. The quantitative estimate of drug-likeness (QED) is 0.249. The Bertz CT molecular complexity index is 1380. The van der Waals surface area contributed by atoms with Crippen LogP contribution in [0.1, 0.15) is 27.6 Å². The molecule has 36 heavy (non-hydrogen) atoms. The largest absolute Gasteiger partial charge is 0.506 e. The van der Waals surface area contributed by atoms with Gasteiger partial charge in [-0.25, -0.2) is 9.69 Å². The van der Waals surface area contributed by atoms with E-state index in [-0.39, 0.29) is 40.0 Å². The SMILES string of the molecule is CCOC(=O)c1ccc(N2C(=O)C(Cl)=C(Nc3ccc(C(=O)Nc4ccccc4O)cc3)C2=O)cc1. The van der Waals surface area contributed by atoms with Gasteiger partial charge >= 0.3 is 5.97 Å². The molecule has 3 aromatic carbocycles. The average Bonchev–Trinajstić information content (AvgIpc) is 3.09. The molecule has 0 atom stereocenters. The van der Waals surface area contributed by atoms with Crippen molar-refractivity contribution < 1.29 is 29.0 Å². The number of rotatable bonds is 7. The van der Waals surface area contributed by atoms with Gasteiger partial charge in [0.15, 0.2) is 0 Å². The van der Waals surface area contributed by atoms with Crippen molar-refractivity contribution in [3.63, 3.8) is 0 Å². The van der Waals surface area contributed by atoms with Gasteiger partial charge in [0.1, 0.15) is 16.5 Å². The van der Waals surface area contributed by atoms with Gasteiger partial charge in [0, 0.05) is 11.3 Å². The van der Waals surface area contributed by atoms with E-state index in [0.29, 0.717) is 11.3 Å². The van der Waals surface area contributed by atoms with Gasteiger partial charge in [-0.15, -0.1) is 0 Å². The maximum Gasteiger partial charge on any atom is 0.338 e. The molecule has 1 aliphatic rings. The summed E-state index contributed by atoms with van der Waals surface area (Å²) in [4.78, 5) is 50.9. The maximum atomic E-state index is 13.0. The Kier molecular flexibility index (Phi) is 7.03. The average molecular weight is 506 g/mol. The summed E-state index contributed by atoms with van der Waals surface area (Å²) in [6.45, 7) is 1.91. The minimum atomic E-state index is -0.716. The standard InChI is InChI=1S/C26H20ClN3O6/c1-2-36-26(35)16-9-13-18(14-10-16)30-24(33)21(27)22(25(30)34)28-17-11-7-15(8-12-17)23(32)29-19-5-3-4-6-20(19)31/h3-14,28,31H,2H2,1H3,(H,29,32). The number of benzene rings is 3. The Morgan fingerprint density at radius 1 is 0.917 bits per heavy atom. The number of imide groups is 1. The van der Waals surface area contributed by atoms with Gasteiger partial charge in [-0.1, -0.05) is 23.7 Å². The van der Waals surface area contributed by atoms with Crippen molar-refractivity contribution in [2.45, 2.75) is 6.92 Å². The van der Waals surface area contributed by atoms with Gasteiger partial charge in [-0.2, -0.15) is 0 Å². The summed E-state index contributed by atoms with van der Waals surface area (Å²) in [5, 5.41) is 15.0. The van der Waals surface area contributed by atoms with Crippen molar-refractivity contribution in [3.8, 4) is 5.75 Å². The van der Waals surface area contributed by atoms with Gasteiger partial charge in [0.25, 0.3) is 17.7 Å². The molecule has 182 valence electrons. The third-order valence-corrected chi connectivity index (χ3v) is 5.58. The third-order valence-electron chi connectivity index (χ3n) is 5.23. The second-order valence-electron chi connectivity index (χ2n) is 7.58. The van der Waals surface area contributed by atoms with Crippen LogP contribution in [0, 0.1) is 0 Å². The van der Waals surface area contributed by atoms with E-state index in [1.807, 2.05) is 0 Å². The summed E-state index contributed by atoms with van der Waals surface area (Å²) in [6, 6.07) is 18.3. The molecule has 0 aromatic heterocycles. The van der Waals surface area contributed by atoms with Crippen LogP contribution in [0.25, 0.3) is 0 Å². The second-order valence-corrected chi connectivity index (χ2v) is 7.95. The van der Waals surface area contributed by atoms with E-state index in [1.54, 1.807) is 37.3 Å². The van der Waals surface area contributed by atoms with Crippen molar-refractivity contribution in [2.24, 2.45) is 0 Å². The van der Waals surface area contributed by atoms with Crippen LogP contribution in [0.4, 0.5) is 17.1 Å². The molecular formula is C26H20ClN3O6. The number of hydrogen-bond donors (Lipinski definition) is 3. The van der Waals surface area contributed by atoms with Crippen LogP contribution in [0.3, 0.4) is 0 Å². The zero-order valence-corrected chi connectivity index (χ0v) is 19.7. The highest BCUT2D eigenvalue weighted by Gasteiger charge is 2.39. The molecule has 3 amide bonds. The van der Waals surface area contributed by atoms with Gasteiger partial charge in [-0.05, 0) is 67.6 Å². The van der Waals surface area contributed by atoms with E-state index >= 15 is 0 Å². The molecule has 0 aliphatic carbocycles. The number of nitrogens with zero attached hydrogens (tertiary/aromatic N) is 1. The highest BCUT2D eigenvalue weighted by molar-refractivity contribution is 6.53. The summed E-state index contributed by atoms with van der Waals surface area (Å²) in [5.74, 6) is -2.40. The van der Waals surface area contributed by atoms with Crippen molar-refractivity contribution >= 4 is 52.4 Å². The maximum absolute atomic E-state index is 13.0. The number of halogens is 1. The summed E-state index contributed by atoms with van der Waals surface area (Å²) < 4.78 is 4.93. The number of aromatic hydroxyl groups is 1. The summed E-state index contributed by atoms with van der Waals surface area (Å²) in [5.41, 5.74) is 1.39. The fraction of sp³-hybridized carbons (Fsp3) is 0.0769. The molecule has 0 radical (unpaired) electrons. The number of para-hydroxylation sites is 2. The number of ether oxygens (including phenoxy) is 1. The van der Waals surface area contributed by atoms with Gasteiger partial charge < -0.3 is 20.5 Å². The molecule has 10 heteroatoms. The normalized spacial score (nSPS) is 13.1. The molecule has 4 rings (SSSR count). The molecule has 0 saturated carbocycles. The van der Waals surface area contributed by atoms with E-state index in [9.17, 15) is 24.3 Å². The first-order chi connectivity index (χ1) is 17.3. The Balaban J connectivity index is 1.46. The van der Waals surface area contributed by atoms with Crippen LogP contribution < -0.4 is 15.5 Å². The highest BCUT2D eigenvalue weighted by Crippen LogP contribution is 2.30. The molecule has 0 spiro atoms. The summed E-state index contributed by atoms with van der Waals surface area (Å²) >= 11 is 6.17. The second kappa shape index (κ2) is 10.3. The van der Waals surface area contributed by atoms with Gasteiger partial charge in [-0.3, -0.25) is 14.4 Å². The molecule has 0 unspecified atom stereocenters. The molecule has 0 bridgehead atoms. The minimum Gasteiger partial charge on any atom is -0.506 e. The highest BCUT2D eigenvalue weighted by atomic mass is 35.5. The van der Waals surface area contributed by atoms with Crippen LogP contribution in [0.2, 0.25) is 0 Å². The van der Waals surface area contributed by atoms with E-state index in [4.69, 9.17) is 16.3 Å². The lowest BCUT2D eigenvalue weighted by atomic mass is 10.1. The fourth-order valence-corrected chi connectivity index (χ4v) is 3.64. The van der Waals surface area contributed by atoms with Crippen molar-refractivity contribution in [1.29, 1.82) is 0 Å². The monoisotopic (exact) mass is 505 g/mol. The first-order valence-electron chi connectivity index (χ1n) is 10.8. The van der Waals surface area contributed by atoms with Crippen LogP contribution in [-0.2, 0) is 14.3 Å². The minimum absolute atomic E-state index is 0.0600. The number of carbonyl (C=O) groups is 4. The Hall–Kier alpha value is -4.63. The van der Waals surface area contributed by atoms with Crippen molar-refractivity contribution in [3.05, 3.63) is 94.7 Å². The smallest absolute Gasteiger partial charge is 0.338 e. The van der Waals surface area contributed by atoms with Crippen LogP contribution in [-0.4, -0.2) is 35.4 Å². The lowest BCUT2D eigenvalue weighted by Gasteiger charge is -2.15. The molecule has 1 aliphatic heterocycles. The van der Waals surface area contributed by atoms with Crippen molar-refractivity contribution in [1.82, 2.24) is 0 Å². The third kappa shape index (κ3) is 4.91. The number of phenolic OH excluding ortho intramolecular Hbond substituents is 1. The van der Waals surface area contributed by atoms with Crippen LogP contribution in [0.5, 0.6) is 5.75 Å². The number of anilines is 3. The molecule has 3 aromatic rings. The first-order valence-corrected chi connectivity index (χ1v) is 11.2. The molecule has 1 heterocycles. The van der Waals surface area contributed by atoms with E-state index < -0.39 is 23.7 Å². The predicted octanol–water partition coefficient (Wildman–Crippen LogP) is 4.26. The lowest BCUT2D eigenvalue weighted by molar-refractivity contribution is -0.120. The summed E-state index contributed by atoms with van der Waals surface area (Å²) in [7, 11) is 0. The lowest BCUT2D eigenvalue weighted by Crippen LogP contribution is -2.32. The number of hydrogen-bond acceptors (Lipinski definition) is 7. The van der Waals surface area contributed by atoms with E-state index in [1.165, 1.54) is 42.5 Å². The van der Waals surface area contributed by atoms with Gasteiger partial charge in [0.2, 0.25) is 0 Å². The molecule has 9 nitrogen and oxygen atoms in total. The number of nitrogens with one attached hydrogen (secondary N) is 2. The van der Waals surface area contributed by atoms with Crippen molar-refractivity contribution in [2.75, 3.05) is 22.1 Å². The molecule has 3 N–H and O–H groups in total. The molecular weight excluding hydrogens is 486 g/mol. The number of amides is 3. The molecule has 0 fully saturated rings. The zero-order valence-electron chi connectivity index (χ0n) is 18.9. The Labute approximate surface area is 210 Å². The van der Waals surface area contributed by atoms with Crippen LogP contribution in [0.15, 0.2) is 83.5 Å². The number of carbonyl (C=O) groups excluding carboxylic acids is 4. The predicted molar refractivity (Wildman–Crippen MR) is 134 cm³/mol. The topological polar surface area (TPSA) is 125 Å². The first kappa shape index (κ1) is 24.5. The number of esters is 1. The fourth-order valence-electron chi connectivity index (χ4n) is 3.43. The zero-order chi connectivity index (χ0) is 25.8. The number of phenols is 1. The van der Waals surface area contributed by atoms with Crippen LogP contribution >= 0.6 is 11.6 Å². The molecule has 0 saturated heterocycles. The van der Waals surface area contributed by atoms with Gasteiger partial charge in [0.05, 0.1) is 23.5 Å².